The molecule has 1 fully saturated rings. The Bertz CT molecular complexity index is 190. The van der Waals surface area contributed by atoms with Crippen molar-refractivity contribution in [3.63, 3.8) is 0 Å². The van der Waals surface area contributed by atoms with Crippen molar-refractivity contribution >= 4 is 5.97 Å². The van der Waals surface area contributed by atoms with Gasteiger partial charge >= 0.3 is 5.97 Å². The highest BCUT2D eigenvalue weighted by Gasteiger charge is 2.19. The zero-order chi connectivity index (χ0) is 8.97. The third-order valence-electron chi connectivity index (χ3n) is 2.27. The zero-order valence-corrected chi connectivity index (χ0v) is 6.91. The summed E-state index contributed by atoms with van der Waals surface area (Å²) in [5, 5.41) is 21.2. The lowest BCUT2D eigenvalue weighted by Gasteiger charge is -2.18. The van der Waals surface area contributed by atoms with Gasteiger partial charge in [-0.3, -0.25) is 5.11 Å². The van der Waals surface area contributed by atoms with Gasteiger partial charge in [0, 0.05) is 5.92 Å². The van der Waals surface area contributed by atoms with Gasteiger partial charge < -0.3 is 0 Å². The first-order chi connectivity index (χ1) is 5.70. The Kier molecular flexibility index (Phi) is 3.14. The summed E-state index contributed by atoms with van der Waals surface area (Å²) < 4.78 is 0. The molecule has 0 N–H and O–H groups in total. The van der Waals surface area contributed by atoms with Gasteiger partial charge in [0.1, 0.15) is 0 Å². The molecule has 0 aromatic rings. The lowest BCUT2D eigenvalue weighted by atomic mass is 9.88. The van der Waals surface area contributed by atoms with Crippen molar-refractivity contribution in [1.82, 2.24) is 0 Å². The van der Waals surface area contributed by atoms with E-state index in [1.54, 1.807) is 0 Å². The van der Waals surface area contributed by atoms with E-state index < -0.39 is 5.97 Å². The highest BCUT2D eigenvalue weighted by atomic mass is 16.4. The molecule has 0 aliphatic heterocycles. The van der Waals surface area contributed by atoms with Crippen LogP contribution in [0.5, 0.6) is 0 Å². The maximum atomic E-state index is 11.1. The fourth-order valence-corrected chi connectivity index (χ4v) is 1.62. The molecular weight excluding hydrogens is 156 g/mol. The Labute approximate surface area is 71.7 Å². The van der Waals surface area contributed by atoms with Crippen LogP contribution in [0.1, 0.15) is 32.1 Å². The summed E-state index contributed by atoms with van der Waals surface area (Å²) in [6.45, 7) is 0. The van der Waals surface area contributed by atoms with Gasteiger partial charge in [-0.2, -0.15) is 0 Å². The van der Waals surface area contributed by atoms with E-state index in [0.717, 1.165) is 32.1 Å². The molecule has 0 amide bonds. The predicted molar refractivity (Wildman–Crippen MR) is 41.0 cm³/mol. The minimum Gasteiger partial charge on any atom is -0.294 e. The van der Waals surface area contributed by atoms with Gasteiger partial charge in [-0.05, 0) is 12.8 Å². The summed E-state index contributed by atoms with van der Waals surface area (Å²) in [6, 6.07) is 0. The minimum atomic E-state index is -1.37. The smallest absolute Gasteiger partial charge is 0.294 e. The first-order valence-corrected chi connectivity index (χ1v) is 4.29. The Hall–Kier alpha value is -0.990. The van der Waals surface area contributed by atoms with Gasteiger partial charge in [-0.25, -0.2) is 9.90 Å². The van der Waals surface area contributed by atoms with Gasteiger partial charge in [-0.1, -0.05) is 19.3 Å². The summed E-state index contributed by atoms with van der Waals surface area (Å²) >= 11 is 0. The lowest BCUT2D eigenvalue weighted by molar-refractivity contribution is -0.137. The number of hydrogen-bond donors (Lipinski definition) is 0. The van der Waals surface area contributed by atoms with Crippen LogP contribution in [0.15, 0.2) is 11.8 Å². The van der Waals surface area contributed by atoms with Crippen LogP contribution in [-0.2, 0) is 15.0 Å². The molecule has 0 saturated heterocycles. The molecule has 1 aliphatic rings. The molecule has 1 aliphatic carbocycles. The molecule has 0 bridgehead atoms. The molecular formula is C9H12O3. The largest absolute Gasteiger partial charge is 0.382 e. The Morgan fingerprint density at radius 1 is 1.08 bits per heavy atom. The average molecular weight is 168 g/mol. The van der Waals surface area contributed by atoms with Gasteiger partial charge in [0.05, 0.1) is 6.08 Å². The summed E-state index contributed by atoms with van der Waals surface area (Å²) in [5.41, 5.74) is 0. The standard InChI is InChI=1S/C9H12O3/c10-8(6-9(11)12)7-4-2-1-3-5-7/h6-7H,1-5H2. The maximum Gasteiger partial charge on any atom is 0.382 e. The highest BCUT2D eigenvalue weighted by Crippen LogP contribution is 2.28. The average Bonchev–Trinajstić information content (AvgIpc) is 2.05. The SMILES string of the molecule is [O]C(=O)C=C([O])C1CCCCC1. The molecule has 0 aromatic heterocycles. The number of allylic oxidation sites excluding steroid dienone is 1. The van der Waals surface area contributed by atoms with Crippen molar-refractivity contribution in [2.75, 3.05) is 0 Å². The van der Waals surface area contributed by atoms with Crippen LogP contribution >= 0.6 is 0 Å². The molecule has 3 heteroatoms. The van der Waals surface area contributed by atoms with Gasteiger partial charge in [0.2, 0.25) is 0 Å². The summed E-state index contributed by atoms with van der Waals surface area (Å²) in [5.74, 6) is -1.70. The summed E-state index contributed by atoms with van der Waals surface area (Å²) in [7, 11) is 0. The fraction of sp³-hybridized carbons (Fsp3) is 0.667. The number of rotatable bonds is 2. The van der Waals surface area contributed by atoms with Crippen molar-refractivity contribution in [3.05, 3.63) is 11.8 Å². The van der Waals surface area contributed by atoms with Crippen LogP contribution < -0.4 is 0 Å². The molecule has 0 aromatic carbocycles. The second-order valence-corrected chi connectivity index (χ2v) is 3.20. The van der Waals surface area contributed by atoms with Crippen LogP contribution in [0.3, 0.4) is 0 Å². The molecule has 3 nitrogen and oxygen atoms in total. The second kappa shape index (κ2) is 4.14. The van der Waals surface area contributed by atoms with E-state index in [1.165, 1.54) is 0 Å². The maximum absolute atomic E-state index is 11.1. The number of hydrogen-bond acceptors (Lipinski definition) is 1. The predicted octanol–water partition coefficient (Wildman–Crippen LogP) is 1.84. The van der Waals surface area contributed by atoms with Crippen LogP contribution in [-0.4, -0.2) is 5.97 Å². The molecule has 0 unspecified atom stereocenters. The Morgan fingerprint density at radius 2 is 1.67 bits per heavy atom. The third kappa shape index (κ3) is 2.57. The van der Waals surface area contributed by atoms with E-state index >= 15 is 0 Å². The van der Waals surface area contributed by atoms with E-state index in [2.05, 4.69) is 0 Å². The van der Waals surface area contributed by atoms with Crippen molar-refractivity contribution in [2.24, 2.45) is 5.92 Å². The van der Waals surface area contributed by atoms with Crippen molar-refractivity contribution in [3.8, 4) is 0 Å². The molecule has 0 atom stereocenters. The molecule has 0 heterocycles. The number of carbonyl (C=O) groups excluding carboxylic acids is 1. The number of carbonyl (C=O) groups is 1. The third-order valence-corrected chi connectivity index (χ3v) is 2.27. The van der Waals surface area contributed by atoms with E-state index in [4.69, 9.17) is 0 Å². The van der Waals surface area contributed by atoms with E-state index in [0.29, 0.717) is 6.08 Å². The first kappa shape index (κ1) is 9.10. The van der Waals surface area contributed by atoms with Crippen LogP contribution in [0, 0.1) is 5.92 Å². The zero-order valence-electron chi connectivity index (χ0n) is 6.91. The van der Waals surface area contributed by atoms with Gasteiger partial charge in [0.25, 0.3) is 0 Å². The molecule has 2 radical (unpaired) electrons. The Morgan fingerprint density at radius 3 is 2.17 bits per heavy atom. The quantitative estimate of drug-likeness (QED) is 0.458. The highest BCUT2D eigenvalue weighted by molar-refractivity contribution is 5.79. The normalized spacial score (nSPS) is 20.8. The topological polar surface area (TPSA) is 56.9 Å². The van der Waals surface area contributed by atoms with Crippen LogP contribution in [0.25, 0.3) is 0 Å². The molecule has 66 valence electrons. The molecule has 1 rings (SSSR count). The fourth-order valence-electron chi connectivity index (χ4n) is 1.62. The summed E-state index contributed by atoms with van der Waals surface area (Å²) in [4.78, 5) is 10.1. The van der Waals surface area contributed by atoms with E-state index in [9.17, 15) is 15.0 Å². The second-order valence-electron chi connectivity index (χ2n) is 3.20. The van der Waals surface area contributed by atoms with Gasteiger partial charge in [0.15, 0.2) is 5.76 Å². The van der Waals surface area contributed by atoms with Crippen LogP contribution in [0.4, 0.5) is 0 Å². The lowest BCUT2D eigenvalue weighted by Crippen LogP contribution is -2.09. The monoisotopic (exact) mass is 168 g/mol. The first-order valence-electron chi connectivity index (χ1n) is 4.29. The molecule has 1 saturated carbocycles. The minimum absolute atomic E-state index is 0.0587. The Balaban J connectivity index is 2.49. The van der Waals surface area contributed by atoms with Crippen molar-refractivity contribution < 1.29 is 15.0 Å². The van der Waals surface area contributed by atoms with Crippen molar-refractivity contribution in [2.45, 2.75) is 32.1 Å². The van der Waals surface area contributed by atoms with E-state index in [-0.39, 0.29) is 11.7 Å². The van der Waals surface area contributed by atoms with Gasteiger partial charge in [-0.15, -0.1) is 0 Å². The molecule has 0 spiro atoms. The van der Waals surface area contributed by atoms with Crippen LogP contribution in [0.2, 0.25) is 0 Å². The van der Waals surface area contributed by atoms with Crippen molar-refractivity contribution in [1.29, 1.82) is 0 Å². The van der Waals surface area contributed by atoms with E-state index in [1.807, 2.05) is 0 Å². The summed E-state index contributed by atoms with van der Waals surface area (Å²) in [6.07, 6.45) is 5.60. The molecule has 12 heavy (non-hydrogen) atoms.